The van der Waals surface area contributed by atoms with E-state index in [1.807, 2.05) is 43.3 Å². The molecule has 4 aromatic rings. The lowest BCUT2D eigenvalue weighted by Gasteiger charge is -2.11. The average Bonchev–Trinajstić information content (AvgIpc) is 3.34. The van der Waals surface area contributed by atoms with Crippen molar-refractivity contribution in [2.24, 2.45) is 0 Å². The predicted molar refractivity (Wildman–Crippen MR) is 126 cm³/mol. The Bertz CT molecular complexity index is 1290. The van der Waals surface area contributed by atoms with Crippen LogP contribution in [0, 0.1) is 0 Å². The predicted octanol–water partition coefficient (Wildman–Crippen LogP) is 3.42. The van der Waals surface area contributed by atoms with Gasteiger partial charge < -0.3 is 9.47 Å². The Kier molecular flexibility index (Phi) is 6.83. The molecule has 0 radical (unpaired) electrons. The zero-order chi connectivity index (χ0) is 23.9. The Morgan fingerprint density at radius 2 is 1.76 bits per heavy atom. The molecule has 172 valence electrons. The van der Waals surface area contributed by atoms with Crippen LogP contribution in [0.4, 0.5) is 0 Å². The Labute approximate surface area is 196 Å². The molecular weight excluding hydrogens is 434 g/mol. The molecule has 0 saturated heterocycles. The number of nitrogens with zero attached hydrogens (tertiary/aromatic N) is 3. The van der Waals surface area contributed by atoms with E-state index in [0.717, 1.165) is 5.69 Å². The van der Waals surface area contributed by atoms with E-state index in [2.05, 4.69) is 20.9 Å². The number of carbonyl (C=O) groups is 2. The van der Waals surface area contributed by atoms with Gasteiger partial charge in [-0.15, -0.1) is 0 Å². The molecule has 0 spiro atoms. The van der Waals surface area contributed by atoms with Gasteiger partial charge in [-0.05, 0) is 49.4 Å². The van der Waals surface area contributed by atoms with Crippen LogP contribution in [0.3, 0.4) is 0 Å². The van der Waals surface area contributed by atoms with Crippen molar-refractivity contribution in [3.63, 3.8) is 0 Å². The van der Waals surface area contributed by atoms with E-state index in [9.17, 15) is 9.59 Å². The van der Waals surface area contributed by atoms with Gasteiger partial charge in [0.1, 0.15) is 5.69 Å². The number of methoxy groups -OCH3 is 1. The molecule has 2 aromatic heterocycles. The lowest BCUT2D eigenvalue weighted by atomic mass is 10.1. The maximum atomic E-state index is 13.0. The van der Waals surface area contributed by atoms with E-state index in [4.69, 9.17) is 9.47 Å². The topological polar surface area (TPSA) is 107 Å². The minimum atomic E-state index is -0.521. The summed E-state index contributed by atoms with van der Waals surface area (Å²) in [6.45, 7) is 2.32. The fourth-order valence-electron chi connectivity index (χ4n) is 3.31. The van der Waals surface area contributed by atoms with Gasteiger partial charge in [0.05, 0.1) is 25.0 Å². The monoisotopic (exact) mass is 457 g/mol. The number of ether oxygens (including phenoxy) is 2. The molecule has 0 aliphatic rings. The van der Waals surface area contributed by atoms with Gasteiger partial charge in [0, 0.05) is 29.7 Å². The van der Waals surface area contributed by atoms with E-state index in [1.54, 1.807) is 47.5 Å². The van der Waals surface area contributed by atoms with E-state index >= 15 is 0 Å². The molecule has 2 amide bonds. The highest BCUT2D eigenvalue weighted by Gasteiger charge is 2.20. The number of hydrogen-bond donors (Lipinski definition) is 2. The van der Waals surface area contributed by atoms with Crippen LogP contribution in [0.5, 0.6) is 11.5 Å². The number of pyridine rings is 1. The van der Waals surface area contributed by atoms with E-state index < -0.39 is 11.8 Å². The zero-order valence-electron chi connectivity index (χ0n) is 18.7. The third-order valence-corrected chi connectivity index (χ3v) is 4.93. The van der Waals surface area contributed by atoms with Gasteiger partial charge in [0.15, 0.2) is 11.5 Å². The number of hydrogen-bond acceptors (Lipinski definition) is 6. The molecule has 0 bridgehead atoms. The van der Waals surface area contributed by atoms with Crippen molar-refractivity contribution in [3.05, 3.63) is 90.4 Å². The highest BCUT2D eigenvalue weighted by Crippen LogP contribution is 2.28. The largest absolute Gasteiger partial charge is 0.493 e. The fraction of sp³-hybridized carbons (Fsp3) is 0.120. The van der Waals surface area contributed by atoms with Gasteiger partial charge in [-0.1, -0.05) is 18.2 Å². The molecule has 0 unspecified atom stereocenters. The molecule has 0 atom stereocenters. The SMILES string of the molecule is CCOc1ccc(C(=O)NNC(=O)c2cn(-c3ccccc3)nc2-c2cccnc2)cc1OC. The summed E-state index contributed by atoms with van der Waals surface area (Å²) in [6.07, 6.45) is 4.88. The lowest BCUT2D eigenvalue weighted by Crippen LogP contribution is -2.41. The van der Waals surface area contributed by atoms with Crippen molar-refractivity contribution in [2.75, 3.05) is 13.7 Å². The van der Waals surface area contributed by atoms with Gasteiger partial charge in [-0.3, -0.25) is 25.4 Å². The Morgan fingerprint density at radius 3 is 2.47 bits per heavy atom. The van der Waals surface area contributed by atoms with E-state index in [-0.39, 0.29) is 5.56 Å². The van der Waals surface area contributed by atoms with Crippen molar-refractivity contribution < 1.29 is 19.1 Å². The second-order valence-corrected chi connectivity index (χ2v) is 7.12. The first-order chi connectivity index (χ1) is 16.6. The summed E-state index contributed by atoms with van der Waals surface area (Å²) in [5, 5.41) is 4.58. The first-order valence-corrected chi connectivity index (χ1v) is 10.6. The molecule has 9 heteroatoms. The van der Waals surface area contributed by atoms with Crippen molar-refractivity contribution >= 4 is 11.8 Å². The van der Waals surface area contributed by atoms with Crippen LogP contribution in [0.2, 0.25) is 0 Å². The molecule has 2 aromatic carbocycles. The second kappa shape index (κ2) is 10.3. The summed E-state index contributed by atoms with van der Waals surface area (Å²) < 4.78 is 12.4. The summed E-state index contributed by atoms with van der Waals surface area (Å²) in [6, 6.07) is 17.8. The van der Waals surface area contributed by atoms with Crippen molar-refractivity contribution in [3.8, 4) is 28.4 Å². The molecule has 2 heterocycles. The fourth-order valence-corrected chi connectivity index (χ4v) is 3.31. The molecule has 2 N–H and O–H groups in total. The lowest BCUT2D eigenvalue weighted by molar-refractivity contribution is 0.0847. The Hall–Kier alpha value is -4.66. The number of benzene rings is 2. The molecule has 0 fully saturated rings. The minimum Gasteiger partial charge on any atom is -0.493 e. The zero-order valence-corrected chi connectivity index (χ0v) is 18.7. The Balaban J connectivity index is 1.56. The quantitative estimate of drug-likeness (QED) is 0.412. The first kappa shape index (κ1) is 22.5. The summed E-state index contributed by atoms with van der Waals surface area (Å²) in [5.74, 6) is -0.0794. The summed E-state index contributed by atoms with van der Waals surface area (Å²) in [5.41, 5.74) is 7.38. The summed E-state index contributed by atoms with van der Waals surface area (Å²) in [7, 11) is 1.49. The van der Waals surface area contributed by atoms with Gasteiger partial charge in [0.2, 0.25) is 0 Å². The normalized spacial score (nSPS) is 10.4. The molecule has 0 aliphatic carbocycles. The summed E-state index contributed by atoms with van der Waals surface area (Å²) >= 11 is 0. The number of para-hydroxylation sites is 1. The van der Waals surface area contributed by atoms with E-state index in [0.29, 0.717) is 34.9 Å². The molecule has 34 heavy (non-hydrogen) atoms. The van der Waals surface area contributed by atoms with Gasteiger partial charge in [-0.25, -0.2) is 4.68 Å². The smallest absolute Gasteiger partial charge is 0.273 e. The number of carbonyl (C=O) groups excluding carboxylic acids is 2. The molecular formula is C25H23N5O4. The number of aromatic nitrogens is 3. The molecule has 4 rings (SSSR count). The second-order valence-electron chi connectivity index (χ2n) is 7.12. The highest BCUT2D eigenvalue weighted by atomic mass is 16.5. The van der Waals surface area contributed by atoms with Crippen molar-refractivity contribution in [1.29, 1.82) is 0 Å². The number of amides is 2. The summed E-state index contributed by atoms with van der Waals surface area (Å²) in [4.78, 5) is 29.8. The number of nitrogens with one attached hydrogen (secondary N) is 2. The average molecular weight is 457 g/mol. The Morgan fingerprint density at radius 1 is 0.971 bits per heavy atom. The number of hydrazine groups is 1. The molecule has 0 aliphatic heterocycles. The van der Waals surface area contributed by atoms with E-state index in [1.165, 1.54) is 7.11 Å². The highest BCUT2D eigenvalue weighted by molar-refractivity contribution is 6.02. The van der Waals surface area contributed by atoms with Crippen LogP contribution in [0.1, 0.15) is 27.6 Å². The van der Waals surface area contributed by atoms with Crippen LogP contribution in [-0.4, -0.2) is 40.3 Å². The van der Waals surface area contributed by atoms with Crippen LogP contribution in [-0.2, 0) is 0 Å². The van der Waals surface area contributed by atoms with Crippen LogP contribution in [0.15, 0.2) is 79.3 Å². The van der Waals surface area contributed by atoms with Gasteiger partial charge in [-0.2, -0.15) is 5.10 Å². The standard InChI is InChI=1S/C25H23N5O4/c1-3-34-21-12-11-17(14-22(21)33-2)24(31)27-28-25(32)20-16-30(19-9-5-4-6-10-19)29-23(20)18-8-7-13-26-15-18/h4-16H,3H2,1-2H3,(H,27,31)(H,28,32). The molecule has 9 nitrogen and oxygen atoms in total. The maximum absolute atomic E-state index is 13.0. The third kappa shape index (κ3) is 4.88. The third-order valence-electron chi connectivity index (χ3n) is 4.93. The first-order valence-electron chi connectivity index (χ1n) is 10.6. The van der Waals surface area contributed by atoms with Crippen LogP contribution in [0.25, 0.3) is 16.9 Å². The minimum absolute atomic E-state index is 0.279. The van der Waals surface area contributed by atoms with Gasteiger partial charge in [0.25, 0.3) is 11.8 Å². The molecule has 0 saturated carbocycles. The maximum Gasteiger partial charge on any atom is 0.273 e. The van der Waals surface area contributed by atoms with Crippen molar-refractivity contribution in [1.82, 2.24) is 25.6 Å². The van der Waals surface area contributed by atoms with Crippen LogP contribution < -0.4 is 20.3 Å². The van der Waals surface area contributed by atoms with Gasteiger partial charge >= 0.3 is 0 Å². The van der Waals surface area contributed by atoms with Crippen LogP contribution >= 0.6 is 0 Å². The number of rotatable bonds is 7. The van der Waals surface area contributed by atoms with Crippen molar-refractivity contribution in [2.45, 2.75) is 6.92 Å².